The zero-order valence-electron chi connectivity index (χ0n) is 44.7. The fraction of sp³-hybridized carbons (Fsp3) is 0. The Morgan fingerprint density at radius 1 is 0.274 bits per heavy atom. The lowest BCUT2D eigenvalue weighted by atomic mass is 9.96. The Hall–Kier alpha value is -11.8. The summed E-state index contributed by atoms with van der Waals surface area (Å²) >= 11 is 0. The van der Waals surface area contributed by atoms with Crippen LogP contribution >= 0.6 is 0 Å². The smallest absolute Gasteiger partial charge is 0.159 e. The van der Waals surface area contributed by atoms with E-state index < -0.39 is 0 Å². The summed E-state index contributed by atoms with van der Waals surface area (Å²) in [4.78, 5) is 4.45. The van der Waals surface area contributed by atoms with Crippen LogP contribution in [0.3, 0.4) is 0 Å². The Kier molecular flexibility index (Phi) is 10.3. The van der Waals surface area contributed by atoms with Crippen molar-refractivity contribution in [1.29, 1.82) is 10.5 Å². The molecule has 8 heteroatoms. The van der Waals surface area contributed by atoms with Gasteiger partial charge in [0.1, 0.15) is 40.0 Å². The second-order valence-corrected chi connectivity index (χ2v) is 21.3. The normalized spacial score (nSPS) is 11.8. The molecule has 0 aliphatic heterocycles. The van der Waals surface area contributed by atoms with E-state index in [1.54, 1.807) is 0 Å². The zero-order valence-corrected chi connectivity index (χ0v) is 44.7. The molecule has 0 amide bonds. The Balaban J connectivity index is 0.795. The molecule has 0 N–H and O–H groups in total. The first-order chi connectivity index (χ1) is 41.6. The molecule has 8 nitrogen and oxygen atoms in total. The molecule has 0 fully saturated rings. The Bertz CT molecular complexity index is 5310. The van der Waals surface area contributed by atoms with Crippen LogP contribution < -0.4 is 9.80 Å². The van der Waals surface area contributed by atoms with E-state index in [0.717, 1.165) is 133 Å². The molecular weight excluding hydrogens is 1030 g/mol. The van der Waals surface area contributed by atoms with Crippen molar-refractivity contribution >= 4 is 143 Å². The second kappa shape index (κ2) is 18.4. The average molecular weight is 1080 g/mol. The number of nitriles is 2. The van der Waals surface area contributed by atoms with E-state index in [1.165, 1.54) is 0 Å². The lowest BCUT2D eigenvalue weighted by Gasteiger charge is -2.25. The van der Waals surface area contributed by atoms with Crippen molar-refractivity contribution in [3.8, 4) is 34.4 Å². The van der Waals surface area contributed by atoms with E-state index in [2.05, 4.69) is 192 Å². The molecule has 0 saturated heterocycles. The van der Waals surface area contributed by atoms with Crippen LogP contribution in [0.25, 0.3) is 132 Å². The van der Waals surface area contributed by atoms with E-state index in [9.17, 15) is 10.5 Å². The van der Waals surface area contributed by atoms with Gasteiger partial charge in [-0.1, -0.05) is 170 Å². The Labute approximate surface area is 479 Å². The molecular formula is C76H42N4O4. The highest BCUT2D eigenvalue weighted by atomic mass is 16.3. The molecule has 0 radical (unpaired) electrons. The van der Waals surface area contributed by atoms with Crippen molar-refractivity contribution in [1.82, 2.24) is 0 Å². The summed E-state index contributed by atoms with van der Waals surface area (Å²) in [5.41, 5.74) is 15.3. The van der Waals surface area contributed by atoms with Crippen molar-refractivity contribution in [3.05, 3.63) is 266 Å². The predicted molar refractivity (Wildman–Crippen MR) is 340 cm³/mol. The van der Waals surface area contributed by atoms with Gasteiger partial charge in [-0.3, -0.25) is 0 Å². The minimum absolute atomic E-state index is 0.232. The molecule has 17 rings (SSSR count). The summed E-state index contributed by atoms with van der Waals surface area (Å²) in [6.07, 6.45) is 0. The third-order valence-electron chi connectivity index (χ3n) is 16.6. The lowest BCUT2D eigenvalue weighted by Crippen LogP contribution is -2.10. The molecule has 0 unspecified atom stereocenters. The number of nitrogens with zero attached hydrogens (tertiary/aromatic N) is 4. The van der Waals surface area contributed by atoms with E-state index in [0.29, 0.717) is 38.7 Å². The van der Waals surface area contributed by atoms with Crippen LogP contribution in [0.2, 0.25) is 0 Å². The summed E-state index contributed by atoms with van der Waals surface area (Å²) in [5.74, 6) is 0. The van der Waals surface area contributed by atoms with Crippen molar-refractivity contribution in [2.45, 2.75) is 0 Å². The number of furan rings is 4. The fourth-order valence-corrected chi connectivity index (χ4v) is 12.9. The number of benzene rings is 13. The van der Waals surface area contributed by atoms with Crippen LogP contribution in [0.4, 0.5) is 34.1 Å². The van der Waals surface area contributed by atoms with E-state index in [1.807, 2.05) is 84.9 Å². The van der Waals surface area contributed by atoms with Gasteiger partial charge in [-0.25, -0.2) is 0 Å². The topological polar surface area (TPSA) is 107 Å². The summed E-state index contributed by atoms with van der Waals surface area (Å²) < 4.78 is 27.4. The third-order valence-corrected chi connectivity index (χ3v) is 16.6. The largest absolute Gasteiger partial charge is 0.454 e. The first-order valence-corrected chi connectivity index (χ1v) is 27.8. The van der Waals surface area contributed by atoms with Gasteiger partial charge in [-0.2, -0.15) is 10.5 Å². The maximum atomic E-state index is 11.3. The number of fused-ring (bicyclic) bond motifs is 14. The summed E-state index contributed by atoms with van der Waals surface area (Å²) in [5, 5.41) is 32.8. The quantitative estimate of drug-likeness (QED) is 0.148. The van der Waals surface area contributed by atoms with Crippen molar-refractivity contribution in [2.24, 2.45) is 0 Å². The Morgan fingerprint density at radius 2 is 0.667 bits per heavy atom. The third kappa shape index (κ3) is 7.05. The lowest BCUT2D eigenvalue weighted by molar-refractivity contribution is 0.654. The molecule has 0 atom stereocenters. The molecule has 390 valence electrons. The summed E-state index contributed by atoms with van der Waals surface area (Å²) in [7, 11) is 0. The first kappa shape index (κ1) is 47.0. The summed E-state index contributed by atoms with van der Waals surface area (Å²) in [6, 6.07) is 92.4. The van der Waals surface area contributed by atoms with Gasteiger partial charge >= 0.3 is 0 Å². The predicted octanol–water partition coefficient (Wildman–Crippen LogP) is 21.6. The molecule has 4 aromatic heterocycles. The van der Waals surface area contributed by atoms with Crippen molar-refractivity contribution < 1.29 is 17.7 Å². The number of para-hydroxylation sites is 6. The maximum Gasteiger partial charge on any atom is 0.159 e. The van der Waals surface area contributed by atoms with Gasteiger partial charge < -0.3 is 27.5 Å². The number of hydrogen-bond donors (Lipinski definition) is 0. The fourth-order valence-electron chi connectivity index (χ4n) is 12.9. The number of rotatable bonds is 8. The van der Waals surface area contributed by atoms with Gasteiger partial charge in [0, 0.05) is 77.0 Å². The second-order valence-electron chi connectivity index (χ2n) is 21.3. The van der Waals surface area contributed by atoms with Gasteiger partial charge in [-0.05, 0) is 118 Å². The van der Waals surface area contributed by atoms with Gasteiger partial charge in [0.2, 0.25) is 0 Å². The van der Waals surface area contributed by atoms with E-state index in [-0.39, 0.29) is 5.56 Å². The SMILES string of the molecule is N#Cc1c2oc3cc4cc(N(c5ccccc5)c5cccc6c5oc5c(-c7ccccc7)cccc56)ccc4cc3c2c(C#N)c2c1oc1cc3cc(N(c4ccccc4)c4cccc5c4oc4c(-c6ccccc6)cccc45)ccc3cc12. The average Bonchev–Trinajstić information content (AvgIpc) is 3.79. The molecule has 0 aliphatic rings. The maximum absolute atomic E-state index is 11.3. The molecule has 84 heavy (non-hydrogen) atoms. The standard InChI is InChI=1S/C76H42N4O4/c77-43-63-69-61-39-47-33-35-53(79(51-21-9-3-10-22-51)65-31-15-29-59-57-27-13-25-55(71(57)83-73(59)65)45-17-5-1-6-18-45)37-49(47)41-67(61)81-75(69)64(44-78)76-70(63)62-40-48-34-36-54(38-50(48)42-68(62)82-76)80(52-23-11-4-12-24-52)66-32-16-30-60-58-28-14-26-56(72(58)84-74(60)66)46-19-7-2-8-20-46/h1-42H. The highest BCUT2D eigenvalue weighted by molar-refractivity contribution is 6.25. The van der Waals surface area contributed by atoms with Crippen molar-refractivity contribution in [3.63, 3.8) is 0 Å². The zero-order chi connectivity index (χ0) is 55.6. The summed E-state index contributed by atoms with van der Waals surface area (Å²) in [6.45, 7) is 0. The molecule has 4 heterocycles. The van der Waals surface area contributed by atoms with Crippen LogP contribution in [-0.4, -0.2) is 0 Å². The van der Waals surface area contributed by atoms with Crippen molar-refractivity contribution in [2.75, 3.05) is 9.80 Å². The monoisotopic (exact) mass is 1070 g/mol. The number of hydrogen-bond acceptors (Lipinski definition) is 8. The van der Waals surface area contributed by atoms with Crippen LogP contribution in [0.1, 0.15) is 11.1 Å². The minimum atomic E-state index is 0.232. The Morgan fingerprint density at radius 3 is 1.08 bits per heavy atom. The molecule has 0 spiro atoms. The van der Waals surface area contributed by atoms with E-state index in [4.69, 9.17) is 17.7 Å². The van der Waals surface area contributed by atoms with Crippen LogP contribution in [0.15, 0.2) is 272 Å². The van der Waals surface area contributed by atoms with Crippen LogP contribution in [0, 0.1) is 22.7 Å². The minimum Gasteiger partial charge on any atom is -0.454 e. The van der Waals surface area contributed by atoms with Gasteiger partial charge in [-0.15, -0.1) is 0 Å². The first-order valence-electron chi connectivity index (χ1n) is 27.8. The van der Waals surface area contributed by atoms with E-state index >= 15 is 0 Å². The molecule has 0 saturated carbocycles. The molecule has 17 aromatic rings. The highest BCUT2D eigenvalue weighted by Crippen LogP contribution is 2.49. The van der Waals surface area contributed by atoms with Crippen LogP contribution in [-0.2, 0) is 0 Å². The molecule has 0 aliphatic carbocycles. The van der Waals surface area contributed by atoms with Crippen LogP contribution in [0.5, 0.6) is 0 Å². The van der Waals surface area contributed by atoms with Gasteiger partial charge in [0.15, 0.2) is 22.3 Å². The molecule has 0 bridgehead atoms. The van der Waals surface area contributed by atoms with Gasteiger partial charge in [0.25, 0.3) is 0 Å². The van der Waals surface area contributed by atoms with Gasteiger partial charge in [0.05, 0.1) is 16.9 Å². The number of anilines is 6. The highest BCUT2D eigenvalue weighted by Gasteiger charge is 2.28. The molecule has 13 aromatic carbocycles.